The molecule has 0 unspecified atom stereocenters. The number of urea groups is 1. The lowest BCUT2D eigenvalue weighted by molar-refractivity contribution is 0.00893. The number of ether oxygens (including phenoxy) is 2. The van der Waals surface area contributed by atoms with Crippen LogP contribution in [0.2, 0.25) is 0 Å². The lowest BCUT2D eigenvalue weighted by Crippen LogP contribution is -2.50. The minimum absolute atomic E-state index is 0.129. The maximum absolute atomic E-state index is 12.9. The Morgan fingerprint density at radius 2 is 1.74 bits per heavy atom. The van der Waals surface area contributed by atoms with Gasteiger partial charge in [-0.25, -0.2) is 9.78 Å². The van der Waals surface area contributed by atoms with Gasteiger partial charge in [0.25, 0.3) is 0 Å². The molecule has 34 heavy (non-hydrogen) atoms. The molecule has 4 heterocycles. The number of carbonyl (C=O) groups is 1. The van der Waals surface area contributed by atoms with Gasteiger partial charge in [-0.1, -0.05) is 6.42 Å². The van der Waals surface area contributed by atoms with E-state index >= 15 is 0 Å². The number of carbonyl (C=O) groups excluding carboxylic acids is 1. The molecule has 2 saturated heterocycles. The van der Waals surface area contributed by atoms with Gasteiger partial charge in [0.05, 0.1) is 25.5 Å². The molecule has 3 fully saturated rings. The van der Waals surface area contributed by atoms with Crippen molar-refractivity contribution in [3.63, 3.8) is 0 Å². The number of fused-ring (bicyclic) bond motifs is 1. The highest BCUT2D eigenvalue weighted by molar-refractivity contribution is 7.15. The molecule has 182 valence electrons. The molecule has 0 spiro atoms. The molecule has 1 aliphatic carbocycles. The molecule has 0 N–H and O–H groups in total. The van der Waals surface area contributed by atoms with Crippen molar-refractivity contribution in [1.29, 1.82) is 0 Å². The highest BCUT2D eigenvalue weighted by atomic mass is 32.1. The van der Waals surface area contributed by atoms with Crippen LogP contribution in [0.25, 0.3) is 10.6 Å². The first-order valence-corrected chi connectivity index (χ1v) is 13.7. The van der Waals surface area contributed by atoms with E-state index in [1.165, 1.54) is 37.2 Å². The minimum atomic E-state index is 0.129. The van der Waals surface area contributed by atoms with E-state index in [0.29, 0.717) is 39.0 Å². The molecule has 1 saturated carbocycles. The number of benzene rings is 1. The van der Waals surface area contributed by atoms with Crippen molar-refractivity contribution in [3.8, 4) is 16.3 Å². The summed E-state index contributed by atoms with van der Waals surface area (Å²) in [7, 11) is 0. The van der Waals surface area contributed by atoms with Crippen LogP contribution in [0.4, 0.5) is 4.79 Å². The van der Waals surface area contributed by atoms with Crippen molar-refractivity contribution in [2.75, 3.05) is 45.9 Å². The normalized spacial score (nSPS) is 25.5. The van der Waals surface area contributed by atoms with Gasteiger partial charge in [-0.3, -0.25) is 0 Å². The van der Waals surface area contributed by atoms with Gasteiger partial charge in [0.15, 0.2) is 0 Å². The Morgan fingerprint density at radius 1 is 0.971 bits per heavy atom. The summed E-state index contributed by atoms with van der Waals surface area (Å²) in [5, 5.41) is 1.03. The lowest BCUT2D eigenvalue weighted by Gasteiger charge is -2.44. The van der Waals surface area contributed by atoms with E-state index in [-0.39, 0.29) is 6.03 Å². The molecule has 2 amide bonds. The van der Waals surface area contributed by atoms with Crippen molar-refractivity contribution in [2.45, 2.75) is 57.2 Å². The molecule has 1 aromatic carbocycles. The summed E-state index contributed by atoms with van der Waals surface area (Å²) in [4.78, 5) is 25.5. The third kappa shape index (κ3) is 4.68. The molecule has 3 aliphatic heterocycles. The lowest BCUT2D eigenvalue weighted by atomic mass is 9.86. The number of likely N-dealkylation sites (tertiary alicyclic amines) is 1. The van der Waals surface area contributed by atoms with Gasteiger partial charge >= 0.3 is 6.03 Å². The SMILES string of the molecule is O=C(N1CCOCC1)N1CCc2nc(-c3ccc(OC4CC(N5CCCCC5)C4)cc3)sc2C1. The van der Waals surface area contributed by atoms with Crippen LogP contribution in [0.1, 0.15) is 42.7 Å². The van der Waals surface area contributed by atoms with Crippen molar-refractivity contribution in [1.82, 2.24) is 19.7 Å². The van der Waals surface area contributed by atoms with Crippen LogP contribution in [-0.4, -0.2) is 83.8 Å². The molecule has 8 heteroatoms. The fourth-order valence-corrected chi connectivity index (χ4v) is 6.65. The maximum Gasteiger partial charge on any atom is 0.320 e. The van der Waals surface area contributed by atoms with Gasteiger partial charge in [-0.15, -0.1) is 11.3 Å². The first-order valence-electron chi connectivity index (χ1n) is 12.8. The number of thiazole rings is 1. The van der Waals surface area contributed by atoms with Gasteiger partial charge in [-0.2, -0.15) is 0 Å². The first kappa shape index (κ1) is 22.3. The number of morpholine rings is 1. The highest BCUT2D eigenvalue weighted by Crippen LogP contribution is 2.35. The molecule has 6 rings (SSSR count). The predicted octanol–water partition coefficient (Wildman–Crippen LogP) is 4.02. The van der Waals surface area contributed by atoms with Crippen LogP contribution in [0.15, 0.2) is 24.3 Å². The third-order valence-electron chi connectivity index (χ3n) is 7.66. The predicted molar refractivity (Wildman–Crippen MR) is 132 cm³/mol. The number of amides is 2. The summed E-state index contributed by atoms with van der Waals surface area (Å²) in [6.07, 6.45) is 7.57. The second-order valence-electron chi connectivity index (χ2n) is 9.93. The van der Waals surface area contributed by atoms with Gasteiger partial charge in [-0.05, 0) is 50.2 Å². The summed E-state index contributed by atoms with van der Waals surface area (Å²) in [6, 6.07) is 9.26. The average Bonchev–Trinajstić information content (AvgIpc) is 3.30. The van der Waals surface area contributed by atoms with Gasteiger partial charge in [0.2, 0.25) is 0 Å². The molecule has 0 bridgehead atoms. The molecular weight excluding hydrogens is 448 g/mol. The number of piperidine rings is 1. The molecule has 0 atom stereocenters. The fraction of sp³-hybridized carbons (Fsp3) is 0.615. The number of nitrogens with zero attached hydrogens (tertiary/aromatic N) is 4. The largest absolute Gasteiger partial charge is 0.490 e. The van der Waals surface area contributed by atoms with Crippen molar-refractivity contribution in [2.24, 2.45) is 0 Å². The standard InChI is InChI=1S/C26H34N4O3S/c31-26(29-12-14-32-15-13-29)30-11-8-23-24(18-30)34-25(27-23)19-4-6-21(7-5-19)33-22-16-20(17-22)28-9-2-1-3-10-28/h4-7,20,22H,1-3,8-18H2. The molecule has 2 aromatic rings. The average molecular weight is 483 g/mol. The molecular formula is C26H34N4O3S. The molecule has 1 aromatic heterocycles. The maximum atomic E-state index is 12.9. The van der Waals surface area contributed by atoms with E-state index in [1.807, 2.05) is 9.80 Å². The summed E-state index contributed by atoms with van der Waals surface area (Å²) in [5.74, 6) is 0.953. The van der Waals surface area contributed by atoms with Gasteiger partial charge < -0.3 is 24.2 Å². The number of hydrogen-bond acceptors (Lipinski definition) is 6. The smallest absolute Gasteiger partial charge is 0.320 e. The zero-order valence-electron chi connectivity index (χ0n) is 19.8. The topological polar surface area (TPSA) is 58.1 Å². The Kier molecular flexibility index (Phi) is 6.45. The highest BCUT2D eigenvalue weighted by Gasteiger charge is 2.35. The zero-order valence-corrected chi connectivity index (χ0v) is 20.6. The van der Waals surface area contributed by atoms with E-state index in [4.69, 9.17) is 14.5 Å². The summed E-state index contributed by atoms with van der Waals surface area (Å²) < 4.78 is 11.6. The van der Waals surface area contributed by atoms with E-state index in [1.54, 1.807) is 11.3 Å². The second-order valence-corrected chi connectivity index (χ2v) is 11.0. The zero-order chi connectivity index (χ0) is 22.9. The summed E-state index contributed by atoms with van der Waals surface area (Å²) >= 11 is 1.71. The van der Waals surface area contributed by atoms with Gasteiger partial charge in [0, 0.05) is 55.4 Å². The number of aromatic nitrogens is 1. The minimum Gasteiger partial charge on any atom is -0.490 e. The van der Waals surface area contributed by atoms with E-state index < -0.39 is 0 Å². The van der Waals surface area contributed by atoms with Crippen LogP contribution in [-0.2, 0) is 17.7 Å². The Balaban J connectivity index is 1.04. The van der Waals surface area contributed by atoms with Crippen LogP contribution < -0.4 is 4.74 Å². The van der Waals surface area contributed by atoms with Gasteiger partial charge in [0.1, 0.15) is 16.9 Å². The Morgan fingerprint density at radius 3 is 2.50 bits per heavy atom. The van der Waals surface area contributed by atoms with E-state index in [2.05, 4.69) is 29.2 Å². The summed E-state index contributed by atoms with van der Waals surface area (Å²) in [5.41, 5.74) is 2.27. The second kappa shape index (κ2) is 9.84. The number of hydrogen-bond donors (Lipinski definition) is 0. The monoisotopic (exact) mass is 482 g/mol. The molecule has 7 nitrogen and oxygen atoms in total. The van der Waals surface area contributed by atoms with Crippen molar-refractivity contribution < 1.29 is 14.3 Å². The Bertz CT molecular complexity index is 992. The Labute approximate surface area is 205 Å². The quantitative estimate of drug-likeness (QED) is 0.659. The van der Waals surface area contributed by atoms with Crippen molar-refractivity contribution in [3.05, 3.63) is 34.8 Å². The van der Waals surface area contributed by atoms with Crippen LogP contribution >= 0.6 is 11.3 Å². The molecule has 0 radical (unpaired) electrons. The summed E-state index contributed by atoms with van der Waals surface area (Å²) in [6.45, 7) is 6.56. The van der Waals surface area contributed by atoms with Crippen LogP contribution in [0, 0.1) is 0 Å². The fourth-order valence-electron chi connectivity index (χ4n) is 5.52. The van der Waals surface area contributed by atoms with Crippen molar-refractivity contribution >= 4 is 17.4 Å². The first-order chi connectivity index (χ1) is 16.7. The number of rotatable bonds is 4. The van der Waals surface area contributed by atoms with Crippen LogP contribution in [0.3, 0.4) is 0 Å². The Hall–Kier alpha value is -2.16. The third-order valence-corrected chi connectivity index (χ3v) is 8.80. The van der Waals surface area contributed by atoms with E-state index in [0.717, 1.165) is 53.9 Å². The van der Waals surface area contributed by atoms with Crippen LogP contribution in [0.5, 0.6) is 5.75 Å². The molecule has 4 aliphatic rings. The van der Waals surface area contributed by atoms with E-state index in [9.17, 15) is 4.79 Å².